The molecule has 132 valence electrons. The van der Waals surface area contributed by atoms with Gasteiger partial charge < -0.3 is 15.6 Å². The SMILES string of the molecule is CC1(c2cccc(-c3ccc(F)c(Cl)c3)c2)COCC(N)=N1.O=CO. The topological polar surface area (TPSA) is 84.9 Å². The minimum Gasteiger partial charge on any atom is -0.483 e. The number of carboxylic acid groups (broad SMARTS) is 1. The number of ether oxygens (including phenoxy) is 1. The van der Waals surface area contributed by atoms with Crippen LogP contribution in [0.2, 0.25) is 5.02 Å². The molecule has 1 atom stereocenters. The van der Waals surface area contributed by atoms with Crippen LogP contribution in [0.3, 0.4) is 0 Å². The van der Waals surface area contributed by atoms with E-state index in [9.17, 15) is 4.39 Å². The number of amidine groups is 1. The Balaban J connectivity index is 0.000000701. The molecular formula is C18H18ClFN2O3. The van der Waals surface area contributed by atoms with Crippen molar-refractivity contribution >= 4 is 23.9 Å². The molecule has 0 bridgehead atoms. The Morgan fingerprint density at radius 1 is 1.32 bits per heavy atom. The highest BCUT2D eigenvalue weighted by molar-refractivity contribution is 6.31. The van der Waals surface area contributed by atoms with Crippen molar-refractivity contribution in [1.29, 1.82) is 0 Å². The minimum absolute atomic E-state index is 0.109. The third-order valence-corrected chi connectivity index (χ3v) is 4.05. The summed E-state index contributed by atoms with van der Waals surface area (Å²) in [6.07, 6.45) is 0. The van der Waals surface area contributed by atoms with Crippen molar-refractivity contribution < 1.29 is 19.0 Å². The monoisotopic (exact) mass is 364 g/mol. The molecular weight excluding hydrogens is 347 g/mol. The molecule has 0 fully saturated rings. The molecule has 5 nitrogen and oxygen atoms in total. The number of hydrogen-bond acceptors (Lipinski definition) is 4. The number of halogens is 2. The summed E-state index contributed by atoms with van der Waals surface area (Å²) >= 11 is 5.87. The Bertz CT molecular complexity index is 798. The van der Waals surface area contributed by atoms with Gasteiger partial charge in [-0.15, -0.1) is 0 Å². The van der Waals surface area contributed by atoms with Crippen LogP contribution >= 0.6 is 11.6 Å². The van der Waals surface area contributed by atoms with Crippen LogP contribution in [0.15, 0.2) is 47.5 Å². The molecule has 0 spiro atoms. The second-order valence-electron chi connectivity index (χ2n) is 5.68. The second kappa shape index (κ2) is 8.09. The molecule has 0 saturated heterocycles. The molecule has 2 aromatic carbocycles. The summed E-state index contributed by atoms with van der Waals surface area (Å²) < 4.78 is 18.8. The maximum atomic E-state index is 13.3. The number of hydrogen-bond donors (Lipinski definition) is 2. The first-order valence-corrected chi connectivity index (χ1v) is 7.83. The zero-order valence-electron chi connectivity index (χ0n) is 13.6. The van der Waals surface area contributed by atoms with Gasteiger partial charge in [0.1, 0.15) is 23.8 Å². The predicted octanol–water partition coefficient (Wildman–Crippen LogP) is 3.45. The summed E-state index contributed by atoms with van der Waals surface area (Å²) in [4.78, 5) is 12.9. The lowest BCUT2D eigenvalue weighted by Gasteiger charge is -2.30. The van der Waals surface area contributed by atoms with Crippen molar-refractivity contribution in [2.24, 2.45) is 10.7 Å². The lowest BCUT2D eigenvalue weighted by molar-refractivity contribution is -0.122. The normalized spacial score (nSPS) is 19.4. The summed E-state index contributed by atoms with van der Waals surface area (Å²) in [5.41, 5.74) is 8.08. The third-order valence-electron chi connectivity index (χ3n) is 3.76. The van der Waals surface area contributed by atoms with Gasteiger partial charge in [0.2, 0.25) is 0 Å². The minimum atomic E-state index is -0.512. The lowest BCUT2D eigenvalue weighted by Crippen LogP contribution is -2.37. The van der Waals surface area contributed by atoms with Crippen molar-refractivity contribution in [2.45, 2.75) is 12.5 Å². The summed E-state index contributed by atoms with van der Waals surface area (Å²) in [6.45, 7) is 2.57. The number of benzene rings is 2. The maximum absolute atomic E-state index is 13.3. The third kappa shape index (κ3) is 4.55. The average molecular weight is 365 g/mol. The Labute approximate surface area is 149 Å². The molecule has 0 aliphatic carbocycles. The van der Waals surface area contributed by atoms with Crippen LogP contribution in [0.25, 0.3) is 11.1 Å². The van der Waals surface area contributed by atoms with E-state index in [1.165, 1.54) is 6.07 Å². The Morgan fingerprint density at radius 3 is 2.64 bits per heavy atom. The molecule has 2 aromatic rings. The first kappa shape index (κ1) is 18.9. The molecule has 0 aromatic heterocycles. The van der Waals surface area contributed by atoms with E-state index >= 15 is 0 Å². The fourth-order valence-electron chi connectivity index (χ4n) is 2.59. The maximum Gasteiger partial charge on any atom is 0.290 e. The van der Waals surface area contributed by atoms with E-state index in [2.05, 4.69) is 4.99 Å². The average Bonchev–Trinajstić information content (AvgIpc) is 2.58. The van der Waals surface area contributed by atoms with Crippen molar-refractivity contribution in [3.05, 3.63) is 58.9 Å². The summed E-state index contributed by atoms with van der Waals surface area (Å²) in [5.74, 6) is 0.0653. The van der Waals surface area contributed by atoms with Crippen molar-refractivity contribution in [2.75, 3.05) is 13.2 Å². The molecule has 1 aliphatic heterocycles. The Hall–Kier alpha value is -2.44. The van der Waals surface area contributed by atoms with E-state index in [0.717, 1.165) is 16.7 Å². The van der Waals surface area contributed by atoms with Gasteiger partial charge in [0.25, 0.3) is 6.47 Å². The molecule has 1 heterocycles. The van der Waals surface area contributed by atoms with Crippen LogP contribution in [0.1, 0.15) is 12.5 Å². The number of rotatable bonds is 2. The number of nitrogens with zero attached hydrogens (tertiary/aromatic N) is 1. The Morgan fingerprint density at radius 2 is 2.00 bits per heavy atom. The number of aliphatic imine (C=N–C) groups is 1. The van der Waals surface area contributed by atoms with Crippen molar-refractivity contribution in [3.8, 4) is 11.1 Å². The van der Waals surface area contributed by atoms with Gasteiger partial charge in [-0.2, -0.15) is 0 Å². The molecule has 1 unspecified atom stereocenters. The fraction of sp³-hybridized carbons (Fsp3) is 0.222. The van der Waals surface area contributed by atoms with Gasteiger partial charge in [0.05, 0.1) is 11.6 Å². The summed E-state index contributed by atoms with van der Waals surface area (Å²) in [7, 11) is 0. The van der Waals surface area contributed by atoms with Gasteiger partial charge >= 0.3 is 0 Å². The summed E-state index contributed by atoms with van der Waals surface area (Å²) in [6, 6.07) is 12.6. The van der Waals surface area contributed by atoms with Gasteiger partial charge in [0.15, 0.2) is 0 Å². The van der Waals surface area contributed by atoms with E-state index < -0.39 is 11.4 Å². The van der Waals surface area contributed by atoms with Crippen molar-refractivity contribution in [1.82, 2.24) is 0 Å². The first-order chi connectivity index (χ1) is 11.9. The zero-order valence-corrected chi connectivity index (χ0v) is 14.3. The molecule has 3 rings (SSSR count). The van der Waals surface area contributed by atoms with Crippen LogP contribution in [-0.4, -0.2) is 30.6 Å². The molecule has 0 radical (unpaired) electrons. The molecule has 25 heavy (non-hydrogen) atoms. The van der Waals surface area contributed by atoms with Gasteiger partial charge in [-0.05, 0) is 41.8 Å². The quantitative estimate of drug-likeness (QED) is 0.799. The van der Waals surface area contributed by atoms with Crippen LogP contribution in [0.5, 0.6) is 0 Å². The zero-order chi connectivity index (χ0) is 18.4. The van der Waals surface area contributed by atoms with Gasteiger partial charge in [-0.25, -0.2) is 4.39 Å². The number of carbonyl (C=O) groups is 1. The van der Waals surface area contributed by atoms with Crippen LogP contribution < -0.4 is 5.73 Å². The number of nitrogens with two attached hydrogens (primary N) is 1. The van der Waals surface area contributed by atoms with Crippen molar-refractivity contribution in [3.63, 3.8) is 0 Å². The first-order valence-electron chi connectivity index (χ1n) is 7.45. The van der Waals surface area contributed by atoms with Gasteiger partial charge in [-0.3, -0.25) is 9.79 Å². The van der Waals surface area contributed by atoms with E-state index in [4.69, 9.17) is 32.0 Å². The highest BCUT2D eigenvalue weighted by Gasteiger charge is 2.30. The predicted molar refractivity (Wildman–Crippen MR) is 95.3 cm³/mol. The summed E-state index contributed by atoms with van der Waals surface area (Å²) in [5, 5.41) is 7.00. The molecule has 3 N–H and O–H groups in total. The van der Waals surface area contributed by atoms with E-state index in [1.54, 1.807) is 12.1 Å². The van der Waals surface area contributed by atoms with E-state index in [1.807, 2.05) is 31.2 Å². The second-order valence-corrected chi connectivity index (χ2v) is 6.09. The van der Waals surface area contributed by atoms with Crippen LogP contribution in [0, 0.1) is 5.82 Å². The molecule has 7 heteroatoms. The van der Waals surface area contributed by atoms with E-state index in [0.29, 0.717) is 19.0 Å². The van der Waals surface area contributed by atoms with E-state index in [-0.39, 0.29) is 11.5 Å². The van der Waals surface area contributed by atoms with Crippen LogP contribution in [-0.2, 0) is 15.1 Å². The highest BCUT2D eigenvalue weighted by atomic mass is 35.5. The smallest absolute Gasteiger partial charge is 0.290 e. The standard InChI is InChI=1S/C17H16ClFN2O.CH2O2/c1-17(10-22-9-16(20)21-17)13-4-2-3-11(7-13)12-5-6-15(19)14(18)8-12;2-1-3/h2-8H,9-10H2,1H3,(H2,20,21);1H,(H,2,3). The fourth-order valence-corrected chi connectivity index (χ4v) is 2.77. The molecule has 0 amide bonds. The largest absolute Gasteiger partial charge is 0.483 e. The molecule has 1 aliphatic rings. The molecule has 0 saturated carbocycles. The lowest BCUT2D eigenvalue weighted by atomic mass is 9.90. The van der Waals surface area contributed by atoms with Crippen LogP contribution in [0.4, 0.5) is 4.39 Å². The highest BCUT2D eigenvalue weighted by Crippen LogP contribution is 2.32. The Kier molecular flexibility index (Phi) is 6.12. The van der Waals surface area contributed by atoms with Gasteiger partial charge in [-0.1, -0.05) is 35.9 Å². The van der Waals surface area contributed by atoms with Gasteiger partial charge in [0, 0.05) is 0 Å².